The summed E-state index contributed by atoms with van der Waals surface area (Å²) < 4.78 is 0. The topological polar surface area (TPSA) is 32.3 Å². The predicted molar refractivity (Wildman–Crippen MR) is 80.7 cm³/mol. The van der Waals surface area contributed by atoms with Gasteiger partial charge in [-0.1, -0.05) is 6.07 Å². The van der Waals surface area contributed by atoms with Gasteiger partial charge in [0, 0.05) is 48.0 Å². The number of hydrogen-bond acceptors (Lipinski definition) is 3. The van der Waals surface area contributed by atoms with E-state index in [4.69, 9.17) is 0 Å². The molecule has 0 aromatic carbocycles. The minimum absolute atomic E-state index is 0. The smallest absolute Gasteiger partial charge is 0.220 e. The maximum atomic E-state index is 11.6. The zero-order chi connectivity index (χ0) is 13.6. The third kappa shape index (κ3) is 2.48. The molecule has 3 heterocycles. The van der Waals surface area contributed by atoms with Gasteiger partial charge >= 0.3 is 0 Å². The Morgan fingerprint density at radius 2 is 1.95 bits per heavy atom. The van der Waals surface area contributed by atoms with Crippen molar-refractivity contribution in [2.75, 3.05) is 19.6 Å². The van der Waals surface area contributed by atoms with E-state index in [1.54, 1.807) is 4.88 Å². The van der Waals surface area contributed by atoms with Crippen LogP contribution in [0.5, 0.6) is 0 Å². The number of hydrogen-bond donors (Lipinski definition) is 1. The molecule has 4 rings (SSSR count). The first-order valence-electron chi connectivity index (χ1n) is 7.78. The van der Waals surface area contributed by atoms with Crippen molar-refractivity contribution in [3.05, 3.63) is 22.4 Å². The van der Waals surface area contributed by atoms with Crippen LogP contribution in [0, 0.1) is 5.41 Å². The van der Waals surface area contributed by atoms with Gasteiger partial charge in [0.15, 0.2) is 0 Å². The number of carbonyl (C=O) groups is 1. The van der Waals surface area contributed by atoms with Crippen molar-refractivity contribution in [2.45, 2.75) is 44.1 Å². The molecule has 21 heavy (non-hydrogen) atoms. The molecule has 1 saturated carbocycles. The Morgan fingerprint density at radius 1 is 1.19 bits per heavy atom. The Morgan fingerprint density at radius 3 is 2.43 bits per heavy atom. The summed E-state index contributed by atoms with van der Waals surface area (Å²) in [7, 11) is 0. The summed E-state index contributed by atoms with van der Waals surface area (Å²) in [6.07, 6.45) is 6.94. The second-order valence-electron chi connectivity index (χ2n) is 6.80. The van der Waals surface area contributed by atoms with Gasteiger partial charge in [-0.15, -0.1) is 11.3 Å². The summed E-state index contributed by atoms with van der Waals surface area (Å²) >= 11 is 1.91. The monoisotopic (exact) mass is 346 g/mol. The first kappa shape index (κ1) is 15.5. The van der Waals surface area contributed by atoms with Gasteiger partial charge in [0.1, 0.15) is 0 Å². The summed E-state index contributed by atoms with van der Waals surface area (Å²) in [5.74, 6) is 0.262. The van der Waals surface area contributed by atoms with Crippen molar-refractivity contribution in [1.82, 2.24) is 10.2 Å². The first-order chi connectivity index (χ1) is 9.73. The molecule has 0 unspecified atom stereocenters. The number of likely N-dealkylation sites (tertiary alicyclic amines) is 1. The van der Waals surface area contributed by atoms with Gasteiger partial charge in [0.25, 0.3) is 0 Å². The van der Waals surface area contributed by atoms with Gasteiger partial charge in [-0.3, -0.25) is 9.69 Å². The average molecular weight is 346 g/mol. The molecule has 1 spiro atoms. The molecule has 1 aromatic heterocycles. The molecule has 2 saturated heterocycles. The van der Waals surface area contributed by atoms with Crippen molar-refractivity contribution >= 4 is 17.2 Å². The van der Waals surface area contributed by atoms with Gasteiger partial charge < -0.3 is 5.32 Å². The molecule has 3 aliphatic rings. The van der Waals surface area contributed by atoms with Gasteiger partial charge in [0.2, 0.25) is 5.91 Å². The Labute approximate surface area is 141 Å². The quantitative estimate of drug-likeness (QED) is 0.836. The van der Waals surface area contributed by atoms with Crippen molar-refractivity contribution in [3.63, 3.8) is 0 Å². The van der Waals surface area contributed by atoms with Crippen molar-refractivity contribution in [1.29, 1.82) is 0 Å². The second kappa shape index (κ2) is 5.69. The van der Waals surface area contributed by atoms with Crippen LogP contribution in [0.4, 0.5) is 0 Å². The summed E-state index contributed by atoms with van der Waals surface area (Å²) in [6, 6.07) is 4.51. The van der Waals surface area contributed by atoms with Crippen LogP contribution >= 0.6 is 11.3 Å². The maximum Gasteiger partial charge on any atom is 0.220 e. The fraction of sp³-hybridized carbons (Fsp3) is 0.688. The number of thiophene rings is 1. The van der Waals surface area contributed by atoms with Gasteiger partial charge in [-0.05, 0) is 49.0 Å². The Kier molecular flexibility index (Phi) is 4.21. The number of amides is 1. The van der Waals surface area contributed by atoms with Gasteiger partial charge in [-0.25, -0.2) is 0 Å². The van der Waals surface area contributed by atoms with E-state index in [2.05, 4.69) is 27.7 Å². The van der Waals surface area contributed by atoms with Crippen molar-refractivity contribution < 1.29 is 21.9 Å². The van der Waals surface area contributed by atoms with Crippen LogP contribution < -0.4 is 5.32 Å². The molecular formula is C16H22FeN2OS. The molecule has 3 nitrogen and oxygen atoms in total. The van der Waals surface area contributed by atoms with Crippen LogP contribution in [-0.4, -0.2) is 30.4 Å². The second-order valence-corrected chi connectivity index (χ2v) is 7.75. The Hall–Kier alpha value is -0.351. The van der Waals surface area contributed by atoms with Crippen LogP contribution in [0.25, 0.3) is 0 Å². The molecule has 1 aromatic rings. The van der Waals surface area contributed by atoms with E-state index in [1.165, 1.54) is 45.2 Å². The van der Waals surface area contributed by atoms with E-state index in [1.807, 2.05) is 11.3 Å². The van der Waals surface area contributed by atoms with E-state index >= 15 is 0 Å². The fourth-order valence-corrected chi connectivity index (χ4v) is 5.32. The van der Waals surface area contributed by atoms with Crippen LogP contribution in [0.3, 0.4) is 0 Å². The fourth-order valence-electron chi connectivity index (χ4n) is 4.31. The molecule has 0 atom stereocenters. The minimum Gasteiger partial charge on any atom is -0.356 e. The number of carbonyl (C=O) groups excluding carboxylic acids is 1. The Bertz CT molecular complexity index is 504. The van der Waals surface area contributed by atoms with E-state index in [-0.39, 0.29) is 33.9 Å². The van der Waals surface area contributed by atoms with E-state index in [0.717, 1.165) is 13.0 Å². The molecule has 1 aliphatic carbocycles. The maximum absolute atomic E-state index is 11.6. The summed E-state index contributed by atoms with van der Waals surface area (Å²) in [6.45, 7) is 3.41. The normalized spacial score (nSPS) is 36.1. The summed E-state index contributed by atoms with van der Waals surface area (Å²) in [5, 5.41) is 5.26. The van der Waals surface area contributed by atoms with E-state index in [9.17, 15) is 4.79 Å². The van der Waals surface area contributed by atoms with Gasteiger partial charge in [0.05, 0.1) is 5.54 Å². The zero-order valence-corrected chi connectivity index (χ0v) is 14.1. The standard InChI is InChI=1S/C16H22N2OS.Fe/c19-14-11-15(12-17-14)4-6-16(7-5-15,18-8-2-9-18)13-3-1-10-20-13;/h1,3,10H,2,4-9,11-12H2,(H,17,19);. The van der Waals surface area contributed by atoms with Crippen LogP contribution in [-0.2, 0) is 27.4 Å². The third-order valence-corrected chi connectivity index (χ3v) is 6.84. The average Bonchev–Trinajstić information content (AvgIpc) is 3.01. The Balaban J connectivity index is 0.00000132. The zero-order valence-electron chi connectivity index (χ0n) is 12.2. The molecule has 116 valence electrons. The third-order valence-electron chi connectivity index (χ3n) is 5.78. The number of rotatable bonds is 2. The van der Waals surface area contributed by atoms with Crippen LogP contribution in [0.15, 0.2) is 17.5 Å². The van der Waals surface area contributed by atoms with Crippen LogP contribution in [0.1, 0.15) is 43.4 Å². The molecule has 0 bridgehead atoms. The molecule has 3 fully saturated rings. The first-order valence-corrected chi connectivity index (χ1v) is 8.66. The SMILES string of the molecule is O=C1CC2(CCC(c3cccs3)(N3CCC3)CC2)CN1.[Fe]. The molecule has 1 amide bonds. The van der Waals surface area contributed by atoms with E-state index < -0.39 is 0 Å². The number of nitrogens with zero attached hydrogens (tertiary/aromatic N) is 1. The van der Waals surface area contributed by atoms with Crippen molar-refractivity contribution in [3.8, 4) is 0 Å². The molecule has 0 radical (unpaired) electrons. The van der Waals surface area contributed by atoms with E-state index in [0.29, 0.717) is 0 Å². The summed E-state index contributed by atoms with van der Waals surface area (Å²) in [5.41, 5.74) is 0.548. The molecule has 1 N–H and O–H groups in total. The minimum atomic E-state index is 0. The number of nitrogens with one attached hydrogen (secondary N) is 1. The van der Waals surface area contributed by atoms with Crippen LogP contribution in [0.2, 0.25) is 0 Å². The predicted octanol–water partition coefficient (Wildman–Crippen LogP) is 2.73. The van der Waals surface area contributed by atoms with Crippen molar-refractivity contribution in [2.24, 2.45) is 5.41 Å². The summed E-state index contributed by atoms with van der Waals surface area (Å²) in [4.78, 5) is 15.8. The van der Waals surface area contributed by atoms with Gasteiger partial charge in [-0.2, -0.15) is 0 Å². The molecule has 5 heteroatoms. The molecular weight excluding hydrogens is 324 g/mol. The molecule has 2 aliphatic heterocycles. The largest absolute Gasteiger partial charge is 0.356 e.